The normalized spacial score (nSPS) is 15.7. The van der Waals surface area contributed by atoms with Gasteiger partial charge in [-0.3, -0.25) is 4.57 Å². The number of hydrogen-bond acceptors (Lipinski definition) is 3. The fourth-order valence-electron chi connectivity index (χ4n) is 2.62. The molecule has 1 aliphatic carbocycles. The van der Waals surface area contributed by atoms with Gasteiger partial charge in [-0.15, -0.1) is 0 Å². The topological polar surface area (TPSA) is 56.4 Å². The standard InChI is InChI=1S/C15H15N3O2/c1-11-9-17(2)14(20)18(11)13-5-3-4-12(8-13)15(6-7-15)16-10-19/h3-5,8-9H,6-7H2,1-2H3. The van der Waals surface area contributed by atoms with Gasteiger partial charge in [0, 0.05) is 18.9 Å². The summed E-state index contributed by atoms with van der Waals surface area (Å²) in [6.45, 7) is 1.89. The molecule has 1 aromatic heterocycles. The van der Waals surface area contributed by atoms with E-state index in [-0.39, 0.29) is 5.69 Å². The second kappa shape index (κ2) is 4.32. The lowest BCUT2D eigenvalue weighted by atomic mass is 10.0. The molecule has 2 aromatic rings. The van der Waals surface area contributed by atoms with Gasteiger partial charge in [0.05, 0.1) is 11.2 Å². The van der Waals surface area contributed by atoms with Crippen LogP contribution in [0.1, 0.15) is 24.1 Å². The maximum absolute atomic E-state index is 12.1. The Hall–Kier alpha value is -2.39. The number of rotatable bonds is 3. The highest BCUT2D eigenvalue weighted by Crippen LogP contribution is 2.49. The molecule has 0 saturated heterocycles. The molecule has 0 spiro atoms. The summed E-state index contributed by atoms with van der Waals surface area (Å²) < 4.78 is 3.21. The van der Waals surface area contributed by atoms with Gasteiger partial charge in [-0.1, -0.05) is 12.1 Å². The van der Waals surface area contributed by atoms with Crippen LogP contribution in [0.15, 0.2) is 40.2 Å². The molecule has 0 unspecified atom stereocenters. The van der Waals surface area contributed by atoms with E-state index in [1.54, 1.807) is 28.5 Å². The van der Waals surface area contributed by atoms with Crippen LogP contribution in [0.3, 0.4) is 0 Å². The van der Waals surface area contributed by atoms with Crippen molar-refractivity contribution in [1.82, 2.24) is 9.13 Å². The number of isocyanates is 1. The number of aromatic nitrogens is 2. The van der Waals surface area contributed by atoms with Crippen molar-refractivity contribution in [3.63, 3.8) is 0 Å². The monoisotopic (exact) mass is 269 g/mol. The van der Waals surface area contributed by atoms with Gasteiger partial charge >= 0.3 is 5.69 Å². The molecule has 0 aliphatic heterocycles. The first kappa shape index (κ1) is 12.6. The molecule has 1 saturated carbocycles. The van der Waals surface area contributed by atoms with Crippen molar-refractivity contribution < 1.29 is 4.79 Å². The Balaban J connectivity index is 2.13. The first-order valence-corrected chi connectivity index (χ1v) is 6.52. The van der Waals surface area contributed by atoms with E-state index in [4.69, 9.17) is 0 Å². The number of nitrogens with zero attached hydrogens (tertiary/aromatic N) is 3. The van der Waals surface area contributed by atoms with Crippen molar-refractivity contribution in [3.8, 4) is 5.69 Å². The summed E-state index contributed by atoms with van der Waals surface area (Å²) in [5.74, 6) is 0. The second-order valence-corrected chi connectivity index (χ2v) is 5.28. The van der Waals surface area contributed by atoms with Gasteiger partial charge in [0.25, 0.3) is 0 Å². The Bertz CT molecular complexity index is 775. The molecule has 5 heteroatoms. The SMILES string of the molecule is Cc1cn(C)c(=O)n1-c1cccc(C2(N=C=O)CC2)c1. The third-order valence-electron chi connectivity index (χ3n) is 3.85. The maximum atomic E-state index is 12.1. The van der Waals surface area contributed by atoms with Gasteiger partial charge in [0.2, 0.25) is 6.08 Å². The maximum Gasteiger partial charge on any atom is 0.332 e. The summed E-state index contributed by atoms with van der Waals surface area (Å²) in [5.41, 5.74) is 2.15. The average Bonchev–Trinajstić information content (AvgIpc) is 3.15. The highest BCUT2D eigenvalue weighted by molar-refractivity contribution is 5.45. The summed E-state index contributed by atoms with van der Waals surface area (Å²) in [7, 11) is 1.73. The molecule has 0 N–H and O–H groups in total. The van der Waals surface area contributed by atoms with E-state index in [0.717, 1.165) is 29.8 Å². The van der Waals surface area contributed by atoms with Crippen molar-refractivity contribution >= 4 is 6.08 Å². The minimum Gasteiger partial charge on any atom is -0.302 e. The lowest BCUT2D eigenvalue weighted by Crippen LogP contribution is -2.21. The second-order valence-electron chi connectivity index (χ2n) is 5.28. The molecule has 0 radical (unpaired) electrons. The van der Waals surface area contributed by atoms with E-state index in [2.05, 4.69) is 4.99 Å². The molecule has 102 valence electrons. The van der Waals surface area contributed by atoms with Gasteiger partial charge < -0.3 is 4.57 Å². The van der Waals surface area contributed by atoms with Crippen LogP contribution >= 0.6 is 0 Å². The molecular formula is C15H15N3O2. The Kier molecular flexibility index (Phi) is 2.73. The van der Waals surface area contributed by atoms with Crippen LogP contribution in [-0.2, 0) is 17.4 Å². The summed E-state index contributed by atoms with van der Waals surface area (Å²) in [6, 6.07) is 7.66. The van der Waals surface area contributed by atoms with E-state index in [9.17, 15) is 9.59 Å². The highest BCUT2D eigenvalue weighted by Gasteiger charge is 2.44. The lowest BCUT2D eigenvalue weighted by Gasteiger charge is -2.11. The number of carbonyl (C=O) groups excluding carboxylic acids is 1. The lowest BCUT2D eigenvalue weighted by molar-refractivity contribution is 0.556. The fourth-order valence-corrected chi connectivity index (χ4v) is 2.62. The van der Waals surface area contributed by atoms with Crippen molar-refractivity contribution in [3.05, 3.63) is 52.2 Å². The molecule has 1 fully saturated rings. The van der Waals surface area contributed by atoms with Crippen LogP contribution in [0, 0.1) is 6.92 Å². The summed E-state index contributed by atoms with van der Waals surface area (Å²) in [6.07, 6.45) is 5.17. The minimum absolute atomic E-state index is 0.0802. The van der Waals surface area contributed by atoms with E-state index in [0.29, 0.717) is 0 Å². The van der Waals surface area contributed by atoms with Gasteiger partial charge in [-0.05, 0) is 37.5 Å². The molecule has 1 aliphatic rings. The predicted molar refractivity (Wildman–Crippen MR) is 74.8 cm³/mol. The van der Waals surface area contributed by atoms with E-state index in [1.165, 1.54) is 0 Å². The third-order valence-corrected chi connectivity index (χ3v) is 3.85. The highest BCUT2D eigenvalue weighted by atomic mass is 16.1. The third kappa shape index (κ3) is 1.84. The van der Waals surface area contributed by atoms with Gasteiger partial charge in [0.1, 0.15) is 0 Å². The van der Waals surface area contributed by atoms with Gasteiger partial charge in [-0.25, -0.2) is 9.59 Å². The van der Waals surface area contributed by atoms with Crippen LogP contribution in [0.4, 0.5) is 0 Å². The fraction of sp³-hybridized carbons (Fsp3) is 0.333. The summed E-state index contributed by atoms with van der Waals surface area (Å²) in [5, 5.41) is 0. The Labute approximate surface area is 116 Å². The smallest absolute Gasteiger partial charge is 0.302 e. The van der Waals surface area contributed by atoms with Crippen LogP contribution in [0.5, 0.6) is 0 Å². The molecule has 1 heterocycles. The molecule has 1 aromatic carbocycles. The van der Waals surface area contributed by atoms with Crippen LogP contribution in [0.25, 0.3) is 5.69 Å². The van der Waals surface area contributed by atoms with Crippen molar-refractivity contribution in [1.29, 1.82) is 0 Å². The Morgan fingerprint density at radius 1 is 1.35 bits per heavy atom. The van der Waals surface area contributed by atoms with E-state index in [1.807, 2.05) is 31.2 Å². The number of hydrogen-bond donors (Lipinski definition) is 0. The van der Waals surface area contributed by atoms with Crippen molar-refractivity contribution in [2.45, 2.75) is 25.3 Å². The molecule has 20 heavy (non-hydrogen) atoms. The van der Waals surface area contributed by atoms with Crippen molar-refractivity contribution in [2.24, 2.45) is 12.0 Å². The van der Waals surface area contributed by atoms with E-state index < -0.39 is 5.54 Å². The van der Waals surface area contributed by atoms with Gasteiger partial charge in [-0.2, -0.15) is 4.99 Å². The van der Waals surface area contributed by atoms with Crippen LogP contribution in [0.2, 0.25) is 0 Å². The van der Waals surface area contributed by atoms with Gasteiger partial charge in [0.15, 0.2) is 0 Å². The van der Waals surface area contributed by atoms with E-state index >= 15 is 0 Å². The van der Waals surface area contributed by atoms with Crippen molar-refractivity contribution in [2.75, 3.05) is 0 Å². The summed E-state index contributed by atoms with van der Waals surface area (Å²) in [4.78, 5) is 26.6. The molecule has 0 amide bonds. The molecule has 0 bridgehead atoms. The molecule has 3 rings (SSSR count). The quantitative estimate of drug-likeness (QED) is 0.630. The number of aliphatic imine (C=N–C) groups is 1. The zero-order valence-electron chi connectivity index (χ0n) is 11.5. The zero-order valence-corrected chi connectivity index (χ0v) is 11.5. The Morgan fingerprint density at radius 2 is 2.10 bits per heavy atom. The van der Waals surface area contributed by atoms with Crippen LogP contribution in [-0.4, -0.2) is 15.2 Å². The predicted octanol–water partition coefficient (Wildman–Crippen LogP) is 1.81. The summed E-state index contributed by atoms with van der Waals surface area (Å²) >= 11 is 0. The first-order valence-electron chi connectivity index (χ1n) is 6.52. The molecule has 0 atom stereocenters. The Morgan fingerprint density at radius 3 is 2.65 bits per heavy atom. The number of imidazole rings is 1. The zero-order chi connectivity index (χ0) is 14.3. The largest absolute Gasteiger partial charge is 0.332 e. The minimum atomic E-state index is -0.413. The molecule has 5 nitrogen and oxygen atoms in total. The number of benzene rings is 1. The molecular weight excluding hydrogens is 254 g/mol. The first-order chi connectivity index (χ1) is 9.57. The van der Waals surface area contributed by atoms with Crippen LogP contribution < -0.4 is 5.69 Å². The average molecular weight is 269 g/mol. The number of aryl methyl sites for hydroxylation is 2.